The smallest absolute Gasteiger partial charge is 0.161 e. The zero-order chi connectivity index (χ0) is 10.1. The molecule has 0 spiro atoms. The van der Waals surface area contributed by atoms with Crippen LogP contribution in [0.4, 0.5) is 5.82 Å². The molecule has 0 saturated carbocycles. The summed E-state index contributed by atoms with van der Waals surface area (Å²) in [6.07, 6.45) is 1.76. The van der Waals surface area contributed by atoms with Gasteiger partial charge in [0.1, 0.15) is 5.82 Å². The molecule has 0 bridgehead atoms. The normalized spacial score (nSPS) is 10.5. The lowest BCUT2D eigenvalue weighted by Crippen LogP contribution is -1.95. The van der Waals surface area contributed by atoms with E-state index in [0.29, 0.717) is 0 Å². The van der Waals surface area contributed by atoms with Crippen molar-refractivity contribution in [2.75, 3.05) is 12.4 Å². The minimum atomic E-state index is 0.776. The molecule has 4 heteroatoms. The SMILES string of the molecule is CNc1cc(C)c2cc(Br)cnc2n1. The molecule has 0 aromatic carbocycles. The summed E-state index contributed by atoms with van der Waals surface area (Å²) in [4.78, 5) is 8.60. The van der Waals surface area contributed by atoms with Crippen LogP contribution in [0.1, 0.15) is 5.56 Å². The highest BCUT2D eigenvalue weighted by Gasteiger charge is 2.02. The van der Waals surface area contributed by atoms with E-state index in [-0.39, 0.29) is 0 Å². The van der Waals surface area contributed by atoms with E-state index < -0.39 is 0 Å². The lowest BCUT2D eigenvalue weighted by molar-refractivity contribution is 1.24. The number of aromatic nitrogens is 2. The van der Waals surface area contributed by atoms with Crippen LogP contribution in [-0.4, -0.2) is 17.0 Å². The average Bonchev–Trinajstić information content (AvgIpc) is 2.19. The Kier molecular flexibility index (Phi) is 2.37. The Labute approximate surface area is 90.7 Å². The summed E-state index contributed by atoms with van der Waals surface area (Å²) in [6, 6.07) is 4.04. The van der Waals surface area contributed by atoms with Gasteiger partial charge in [-0.05, 0) is 40.5 Å². The van der Waals surface area contributed by atoms with Crippen LogP contribution in [0.25, 0.3) is 11.0 Å². The van der Waals surface area contributed by atoms with E-state index in [2.05, 4.69) is 38.1 Å². The zero-order valence-electron chi connectivity index (χ0n) is 8.00. The van der Waals surface area contributed by atoms with E-state index in [1.54, 1.807) is 6.20 Å². The number of nitrogens with one attached hydrogen (secondary N) is 1. The molecular weight excluding hydrogens is 242 g/mol. The number of halogens is 1. The maximum Gasteiger partial charge on any atom is 0.161 e. The Morgan fingerprint density at radius 3 is 2.86 bits per heavy atom. The summed E-state index contributed by atoms with van der Waals surface area (Å²) in [7, 11) is 1.85. The molecule has 1 N–H and O–H groups in total. The monoisotopic (exact) mass is 251 g/mol. The summed E-state index contributed by atoms with van der Waals surface area (Å²) in [5.74, 6) is 0.852. The number of rotatable bonds is 1. The first-order chi connectivity index (χ1) is 6.70. The number of hydrogen-bond donors (Lipinski definition) is 1. The molecule has 2 heterocycles. The molecule has 0 aliphatic heterocycles. The predicted octanol–water partition coefficient (Wildman–Crippen LogP) is 2.74. The molecule has 0 radical (unpaired) electrons. The van der Waals surface area contributed by atoms with Crippen LogP contribution >= 0.6 is 15.9 Å². The van der Waals surface area contributed by atoms with Gasteiger partial charge in [-0.2, -0.15) is 0 Å². The Morgan fingerprint density at radius 1 is 1.36 bits per heavy atom. The first kappa shape index (κ1) is 9.40. The molecule has 0 unspecified atom stereocenters. The Balaban J connectivity index is 2.76. The van der Waals surface area contributed by atoms with Gasteiger partial charge in [0.25, 0.3) is 0 Å². The minimum Gasteiger partial charge on any atom is -0.373 e. The summed E-state index contributed by atoms with van der Waals surface area (Å²) < 4.78 is 0.979. The summed E-state index contributed by atoms with van der Waals surface area (Å²) in [5.41, 5.74) is 1.95. The van der Waals surface area contributed by atoms with Crippen LogP contribution in [0, 0.1) is 6.92 Å². The predicted molar refractivity (Wildman–Crippen MR) is 61.5 cm³/mol. The number of nitrogens with zero attached hydrogens (tertiary/aromatic N) is 2. The van der Waals surface area contributed by atoms with Crippen LogP contribution in [-0.2, 0) is 0 Å². The second-order valence-corrected chi connectivity index (χ2v) is 4.01. The van der Waals surface area contributed by atoms with Gasteiger partial charge in [0, 0.05) is 23.1 Å². The largest absolute Gasteiger partial charge is 0.373 e. The molecule has 0 amide bonds. The number of hydrogen-bond acceptors (Lipinski definition) is 3. The van der Waals surface area contributed by atoms with Crippen molar-refractivity contribution in [1.29, 1.82) is 0 Å². The Bertz CT molecular complexity index is 482. The van der Waals surface area contributed by atoms with Crippen molar-refractivity contribution in [2.24, 2.45) is 0 Å². The third-order valence-electron chi connectivity index (χ3n) is 2.09. The van der Waals surface area contributed by atoms with Gasteiger partial charge in [-0.15, -0.1) is 0 Å². The Morgan fingerprint density at radius 2 is 2.14 bits per heavy atom. The third-order valence-corrected chi connectivity index (χ3v) is 2.53. The molecule has 0 aliphatic rings. The molecule has 0 aliphatic carbocycles. The van der Waals surface area contributed by atoms with E-state index in [9.17, 15) is 0 Å². The van der Waals surface area contributed by atoms with Crippen LogP contribution in [0.5, 0.6) is 0 Å². The average molecular weight is 252 g/mol. The second kappa shape index (κ2) is 3.53. The van der Waals surface area contributed by atoms with Gasteiger partial charge >= 0.3 is 0 Å². The van der Waals surface area contributed by atoms with E-state index >= 15 is 0 Å². The second-order valence-electron chi connectivity index (χ2n) is 3.10. The van der Waals surface area contributed by atoms with Crippen LogP contribution < -0.4 is 5.32 Å². The lowest BCUT2D eigenvalue weighted by atomic mass is 10.2. The van der Waals surface area contributed by atoms with Gasteiger partial charge in [0.05, 0.1) is 0 Å². The van der Waals surface area contributed by atoms with Crippen molar-refractivity contribution in [2.45, 2.75) is 6.92 Å². The van der Waals surface area contributed by atoms with Gasteiger partial charge in [-0.3, -0.25) is 0 Å². The van der Waals surface area contributed by atoms with Crippen molar-refractivity contribution >= 4 is 32.8 Å². The molecule has 14 heavy (non-hydrogen) atoms. The van der Waals surface area contributed by atoms with Gasteiger partial charge < -0.3 is 5.32 Å². The molecule has 2 aromatic rings. The fraction of sp³-hybridized carbons (Fsp3) is 0.200. The van der Waals surface area contributed by atoms with Crippen molar-refractivity contribution < 1.29 is 0 Å². The molecule has 2 aromatic heterocycles. The first-order valence-corrected chi connectivity index (χ1v) is 5.10. The van der Waals surface area contributed by atoms with Crippen LogP contribution in [0.3, 0.4) is 0 Å². The number of anilines is 1. The summed E-state index contributed by atoms with van der Waals surface area (Å²) in [6.45, 7) is 2.05. The molecule has 0 fully saturated rings. The van der Waals surface area contributed by atoms with Crippen molar-refractivity contribution in [3.8, 4) is 0 Å². The zero-order valence-corrected chi connectivity index (χ0v) is 9.59. The summed E-state index contributed by atoms with van der Waals surface area (Å²) >= 11 is 3.40. The standard InChI is InChI=1S/C10H10BrN3/c1-6-3-9(12-2)14-10-8(6)4-7(11)5-13-10/h3-5H,1-2H3,(H,12,13,14). The van der Waals surface area contributed by atoms with Gasteiger partial charge in [-0.25, -0.2) is 9.97 Å². The fourth-order valence-electron chi connectivity index (χ4n) is 1.37. The molecule has 72 valence electrons. The van der Waals surface area contributed by atoms with Crippen LogP contribution in [0.15, 0.2) is 22.8 Å². The molecular formula is C10H10BrN3. The molecule has 2 rings (SSSR count). The number of pyridine rings is 2. The highest BCUT2D eigenvalue weighted by atomic mass is 79.9. The van der Waals surface area contributed by atoms with Crippen LogP contribution in [0.2, 0.25) is 0 Å². The fourth-order valence-corrected chi connectivity index (χ4v) is 1.70. The number of fused-ring (bicyclic) bond motifs is 1. The lowest BCUT2D eigenvalue weighted by Gasteiger charge is -2.04. The maximum absolute atomic E-state index is 4.35. The number of aryl methyl sites for hydroxylation is 1. The summed E-state index contributed by atoms with van der Waals surface area (Å²) in [5, 5.41) is 4.09. The van der Waals surface area contributed by atoms with E-state index in [1.165, 1.54) is 5.56 Å². The molecule has 0 saturated heterocycles. The van der Waals surface area contributed by atoms with Crippen molar-refractivity contribution in [1.82, 2.24) is 9.97 Å². The van der Waals surface area contributed by atoms with Gasteiger partial charge in [-0.1, -0.05) is 0 Å². The van der Waals surface area contributed by atoms with E-state index in [1.807, 2.05) is 19.2 Å². The quantitative estimate of drug-likeness (QED) is 0.847. The Hall–Kier alpha value is -1.16. The van der Waals surface area contributed by atoms with Gasteiger partial charge in [0.2, 0.25) is 0 Å². The van der Waals surface area contributed by atoms with E-state index in [4.69, 9.17) is 0 Å². The maximum atomic E-state index is 4.35. The van der Waals surface area contributed by atoms with E-state index in [0.717, 1.165) is 21.3 Å². The van der Waals surface area contributed by atoms with Crippen molar-refractivity contribution in [3.63, 3.8) is 0 Å². The third kappa shape index (κ3) is 1.57. The van der Waals surface area contributed by atoms with Crippen molar-refractivity contribution in [3.05, 3.63) is 28.4 Å². The first-order valence-electron chi connectivity index (χ1n) is 4.31. The molecule has 3 nitrogen and oxygen atoms in total. The topological polar surface area (TPSA) is 37.8 Å². The molecule has 0 atom stereocenters. The van der Waals surface area contributed by atoms with Gasteiger partial charge in [0.15, 0.2) is 5.65 Å². The highest BCUT2D eigenvalue weighted by molar-refractivity contribution is 9.10. The minimum absolute atomic E-state index is 0.776. The highest BCUT2D eigenvalue weighted by Crippen LogP contribution is 2.21.